The van der Waals surface area contributed by atoms with Crippen molar-refractivity contribution in [2.24, 2.45) is 5.73 Å². The normalized spacial score (nSPS) is 10.4. The van der Waals surface area contributed by atoms with Crippen molar-refractivity contribution >= 4 is 5.91 Å². The maximum absolute atomic E-state index is 11.0. The second-order valence-corrected chi connectivity index (χ2v) is 4.20. The fourth-order valence-corrected chi connectivity index (χ4v) is 1.86. The van der Waals surface area contributed by atoms with E-state index in [0.29, 0.717) is 13.2 Å². The summed E-state index contributed by atoms with van der Waals surface area (Å²) in [7, 11) is 0. The molecule has 0 atom stereocenters. The quantitative estimate of drug-likeness (QED) is 0.851. The van der Waals surface area contributed by atoms with Crippen LogP contribution >= 0.6 is 0 Å². The average molecular weight is 259 g/mol. The van der Waals surface area contributed by atoms with Crippen LogP contribution in [0.3, 0.4) is 0 Å². The van der Waals surface area contributed by atoms with Gasteiger partial charge in [0.2, 0.25) is 5.91 Å². The Morgan fingerprint density at radius 3 is 2.68 bits per heavy atom. The van der Waals surface area contributed by atoms with Gasteiger partial charge in [0, 0.05) is 11.9 Å². The van der Waals surface area contributed by atoms with E-state index in [1.807, 2.05) is 31.2 Å². The Labute approximate surface area is 112 Å². The van der Waals surface area contributed by atoms with Gasteiger partial charge in [-0.3, -0.25) is 9.48 Å². The number of carbonyl (C=O) groups is 1. The topological polar surface area (TPSA) is 70.1 Å². The summed E-state index contributed by atoms with van der Waals surface area (Å²) >= 11 is 0. The molecular formula is C14H17N3O2. The van der Waals surface area contributed by atoms with Gasteiger partial charge >= 0.3 is 0 Å². The number of rotatable bonds is 6. The highest BCUT2D eigenvalue weighted by Gasteiger charge is 2.06. The maximum Gasteiger partial charge on any atom is 0.223 e. The first-order valence-corrected chi connectivity index (χ1v) is 6.19. The van der Waals surface area contributed by atoms with Crippen LogP contribution in [0.15, 0.2) is 36.5 Å². The van der Waals surface area contributed by atoms with Crippen molar-refractivity contribution in [2.45, 2.75) is 19.9 Å². The van der Waals surface area contributed by atoms with Gasteiger partial charge in [0.05, 0.1) is 19.6 Å². The molecular weight excluding hydrogens is 242 g/mol. The Hall–Kier alpha value is -2.30. The maximum atomic E-state index is 11.0. The van der Waals surface area contributed by atoms with E-state index in [1.165, 1.54) is 0 Å². The third kappa shape index (κ3) is 3.58. The molecule has 0 spiro atoms. The van der Waals surface area contributed by atoms with Gasteiger partial charge in [0.1, 0.15) is 5.75 Å². The molecule has 0 bridgehead atoms. The third-order valence-corrected chi connectivity index (χ3v) is 2.73. The molecule has 0 aliphatic carbocycles. The zero-order valence-electron chi connectivity index (χ0n) is 10.9. The first kappa shape index (κ1) is 13.1. The molecule has 2 N–H and O–H groups in total. The van der Waals surface area contributed by atoms with Crippen LogP contribution in [0.25, 0.3) is 0 Å². The summed E-state index contributed by atoms with van der Waals surface area (Å²) in [5, 5.41) is 4.20. The van der Waals surface area contributed by atoms with E-state index in [2.05, 4.69) is 5.10 Å². The lowest BCUT2D eigenvalue weighted by atomic mass is 10.2. The molecule has 0 fully saturated rings. The molecule has 5 heteroatoms. The van der Waals surface area contributed by atoms with Gasteiger partial charge in [-0.25, -0.2) is 0 Å². The summed E-state index contributed by atoms with van der Waals surface area (Å²) in [5.41, 5.74) is 7.12. The number of primary amides is 1. The number of benzene rings is 1. The smallest absolute Gasteiger partial charge is 0.223 e. The van der Waals surface area contributed by atoms with Gasteiger partial charge in [0.15, 0.2) is 0 Å². The van der Waals surface area contributed by atoms with E-state index in [1.54, 1.807) is 16.9 Å². The largest absolute Gasteiger partial charge is 0.494 e. The molecule has 19 heavy (non-hydrogen) atoms. The first-order chi connectivity index (χ1) is 9.19. The third-order valence-electron chi connectivity index (χ3n) is 2.73. The Morgan fingerprint density at radius 1 is 1.32 bits per heavy atom. The number of carbonyl (C=O) groups excluding carboxylic acids is 1. The highest BCUT2D eigenvalue weighted by molar-refractivity contribution is 5.76. The molecule has 1 amide bonds. The second kappa shape index (κ2) is 6.04. The van der Waals surface area contributed by atoms with Crippen LogP contribution in [-0.2, 0) is 17.8 Å². The second-order valence-electron chi connectivity index (χ2n) is 4.20. The lowest BCUT2D eigenvalue weighted by Gasteiger charge is -2.08. The molecule has 1 aromatic heterocycles. The van der Waals surface area contributed by atoms with Crippen molar-refractivity contribution in [3.05, 3.63) is 47.8 Å². The van der Waals surface area contributed by atoms with Crippen LogP contribution in [0.4, 0.5) is 0 Å². The van der Waals surface area contributed by atoms with Crippen molar-refractivity contribution in [2.75, 3.05) is 6.61 Å². The number of nitrogens with two attached hydrogens (primary N) is 1. The van der Waals surface area contributed by atoms with E-state index in [4.69, 9.17) is 10.5 Å². The molecule has 1 heterocycles. The predicted molar refractivity (Wildman–Crippen MR) is 71.8 cm³/mol. The van der Waals surface area contributed by atoms with Crippen LogP contribution in [0.5, 0.6) is 5.75 Å². The summed E-state index contributed by atoms with van der Waals surface area (Å²) in [5.74, 6) is 0.498. The Morgan fingerprint density at radius 2 is 2.05 bits per heavy atom. The van der Waals surface area contributed by atoms with Crippen LogP contribution in [0.2, 0.25) is 0 Å². The number of hydrogen-bond donors (Lipinski definition) is 1. The summed E-state index contributed by atoms with van der Waals surface area (Å²) in [6, 6.07) is 9.63. The first-order valence-electron chi connectivity index (χ1n) is 6.19. The van der Waals surface area contributed by atoms with E-state index in [9.17, 15) is 4.79 Å². The minimum absolute atomic E-state index is 0.205. The number of ether oxygens (including phenoxy) is 1. The fraction of sp³-hybridized carbons (Fsp3) is 0.286. The molecule has 0 saturated carbocycles. The molecule has 0 unspecified atom stereocenters. The van der Waals surface area contributed by atoms with Crippen molar-refractivity contribution in [1.29, 1.82) is 0 Å². The summed E-state index contributed by atoms with van der Waals surface area (Å²) in [6.07, 6.45) is 1.88. The van der Waals surface area contributed by atoms with Gasteiger partial charge < -0.3 is 10.5 Å². The Balaban J connectivity index is 2.08. The standard InChI is InChI=1S/C14H17N3O2/c1-2-19-13-5-3-11(4-6-13)10-17-12(7-8-16-17)9-14(15)18/h3-8H,2,9-10H2,1H3,(H2,15,18). The summed E-state index contributed by atoms with van der Waals surface area (Å²) < 4.78 is 7.17. The highest BCUT2D eigenvalue weighted by atomic mass is 16.5. The monoisotopic (exact) mass is 259 g/mol. The van der Waals surface area contributed by atoms with Crippen molar-refractivity contribution in [1.82, 2.24) is 9.78 Å². The predicted octanol–water partition coefficient (Wildman–Crippen LogP) is 1.36. The van der Waals surface area contributed by atoms with Crippen molar-refractivity contribution in [3.63, 3.8) is 0 Å². The SMILES string of the molecule is CCOc1ccc(Cn2nccc2CC(N)=O)cc1. The van der Waals surface area contributed by atoms with E-state index in [-0.39, 0.29) is 12.3 Å². The molecule has 2 aromatic rings. The highest BCUT2D eigenvalue weighted by Crippen LogP contribution is 2.13. The van der Waals surface area contributed by atoms with E-state index in [0.717, 1.165) is 17.0 Å². The van der Waals surface area contributed by atoms with Crippen molar-refractivity contribution in [3.8, 4) is 5.75 Å². The minimum Gasteiger partial charge on any atom is -0.494 e. The lowest BCUT2D eigenvalue weighted by Crippen LogP contribution is -2.17. The minimum atomic E-state index is -0.353. The Kier molecular flexibility index (Phi) is 4.18. The van der Waals surface area contributed by atoms with Crippen molar-refractivity contribution < 1.29 is 9.53 Å². The van der Waals surface area contributed by atoms with Crippen LogP contribution in [0.1, 0.15) is 18.2 Å². The molecule has 1 aromatic carbocycles. The number of hydrogen-bond acceptors (Lipinski definition) is 3. The van der Waals surface area contributed by atoms with E-state index >= 15 is 0 Å². The lowest BCUT2D eigenvalue weighted by molar-refractivity contribution is -0.117. The average Bonchev–Trinajstić information content (AvgIpc) is 2.79. The van der Waals surface area contributed by atoms with Gasteiger partial charge in [0.25, 0.3) is 0 Å². The summed E-state index contributed by atoms with van der Waals surface area (Å²) in [4.78, 5) is 11.0. The fourth-order valence-electron chi connectivity index (χ4n) is 1.86. The molecule has 5 nitrogen and oxygen atoms in total. The van der Waals surface area contributed by atoms with Gasteiger partial charge in [-0.2, -0.15) is 5.10 Å². The molecule has 0 saturated heterocycles. The molecule has 0 radical (unpaired) electrons. The zero-order chi connectivity index (χ0) is 13.7. The number of nitrogens with zero attached hydrogens (tertiary/aromatic N) is 2. The van der Waals surface area contributed by atoms with Crippen LogP contribution < -0.4 is 10.5 Å². The van der Waals surface area contributed by atoms with Crippen LogP contribution in [0, 0.1) is 0 Å². The molecule has 0 aliphatic heterocycles. The van der Waals surface area contributed by atoms with Crippen LogP contribution in [-0.4, -0.2) is 22.3 Å². The molecule has 100 valence electrons. The summed E-state index contributed by atoms with van der Waals surface area (Å²) in [6.45, 7) is 3.22. The van der Waals surface area contributed by atoms with E-state index < -0.39 is 0 Å². The van der Waals surface area contributed by atoms with Gasteiger partial charge in [-0.15, -0.1) is 0 Å². The number of amides is 1. The number of aromatic nitrogens is 2. The molecule has 2 rings (SSSR count). The zero-order valence-corrected chi connectivity index (χ0v) is 10.9. The molecule has 0 aliphatic rings. The van der Waals surface area contributed by atoms with Gasteiger partial charge in [-0.05, 0) is 30.7 Å². The Bertz CT molecular complexity index is 546. The van der Waals surface area contributed by atoms with Gasteiger partial charge in [-0.1, -0.05) is 12.1 Å².